The molecule has 0 aliphatic rings. The number of halogens is 5. The molecule has 0 fully saturated rings. The van der Waals surface area contributed by atoms with E-state index >= 15 is 0 Å². The predicted molar refractivity (Wildman–Crippen MR) is 102 cm³/mol. The zero-order valence-electron chi connectivity index (χ0n) is 14.5. The number of hydrogen-bond donors (Lipinski definition) is 1. The van der Waals surface area contributed by atoms with E-state index in [2.05, 4.69) is 4.74 Å². The van der Waals surface area contributed by atoms with E-state index in [1.165, 1.54) is 12.1 Å². The summed E-state index contributed by atoms with van der Waals surface area (Å²) in [5, 5.41) is 9.33. The van der Waals surface area contributed by atoms with Gasteiger partial charge in [0.2, 0.25) is 5.43 Å². The van der Waals surface area contributed by atoms with Crippen LogP contribution < -0.4 is 10.2 Å². The molecule has 5 nitrogen and oxygen atoms in total. The maximum atomic E-state index is 12.9. The number of pyridine rings is 1. The van der Waals surface area contributed by atoms with Crippen molar-refractivity contribution in [2.24, 2.45) is 0 Å². The molecule has 1 heterocycles. The Morgan fingerprint density at radius 3 is 2.55 bits per heavy atom. The fraction of sp³-hybridized carbons (Fsp3) is 0.158. The molecule has 10 heteroatoms. The zero-order valence-corrected chi connectivity index (χ0v) is 16.0. The summed E-state index contributed by atoms with van der Waals surface area (Å²) < 4.78 is 43.9. The lowest BCUT2D eigenvalue weighted by Gasteiger charge is -2.15. The van der Waals surface area contributed by atoms with Gasteiger partial charge in [0.1, 0.15) is 6.54 Å². The van der Waals surface area contributed by atoms with Crippen molar-refractivity contribution in [2.75, 3.05) is 0 Å². The molecule has 152 valence electrons. The third-order valence-corrected chi connectivity index (χ3v) is 4.94. The molecule has 3 rings (SSSR count). The Morgan fingerprint density at radius 2 is 1.90 bits per heavy atom. The number of fused-ring (bicyclic) bond motifs is 1. The SMILES string of the molecule is O=C(O)Oc1cn(CC(F)(F)F)c2ccc(Cc3cccc(Cl)c3Cl)cc2c1=O. The molecule has 0 unspecified atom stereocenters. The first-order valence-corrected chi connectivity index (χ1v) is 8.87. The summed E-state index contributed by atoms with van der Waals surface area (Å²) in [4.78, 5) is 23.4. The molecule has 0 radical (unpaired) electrons. The Balaban J connectivity index is 2.15. The van der Waals surface area contributed by atoms with Crippen LogP contribution in [-0.2, 0) is 13.0 Å². The Labute approximate surface area is 171 Å². The lowest BCUT2D eigenvalue weighted by atomic mass is 10.0. The lowest BCUT2D eigenvalue weighted by Crippen LogP contribution is -2.22. The first kappa shape index (κ1) is 21.0. The third kappa shape index (κ3) is 4.83. The number of benzene rings is 2. The number of alkyl halides is 3. The smallest absolute Gasteiger partial charge is 0.449 e. The van der Waals surface area contributed by atoms with Gasteiger partial charge in [-0.2, -0.15) is 13.2 Å². The van der Waals surface area contributed by atoms with Gasteiger partial charge in [0.25, 0.3) is 0 Å². The Kier molecular flexibility index (Phi) is 5.77. The van der Waals surface area contributed by atoms with Crippen LogP contribution in [-0.4, -0.2) is 22.0 Å². The molecule has 0 saturated heterocycles. The van der Waals surface area contributed by atoms with Crippen molar-refractivity contribution in [2.45, 2.75) is 19.1 Å². The highest BCUT2D eigenvalue weighted by Crippen LogP contribution is 2.29. The van der Waals surface area contributed by atoms with Crippen molar-refractivity contribution < 1.29 is 27.8 Å². The zero-order chi connectivity index (χ0) is 21.3. The van der Waals surface area contributed by atoms with Gasteiger partial charge in [0.05, 0.1) is 21.8 Å². The first-order valence-electron chi connectivity index (χ1n) is 8.11. The van der Waals surface area contributed by atoms with Crippen molar-refractivity contribution in [3.8, 4) is 5.75 Å². The minimum Gasteiger partial charge on any atom is -0.449 e. The van der Waals surface area contributed by atoms with Crippen LogP contribution in [0.4, 0.5) is 18.0 Å². The summed E-state index contributed by atoms with van der Waals surface area (Å²) in [6.07, 6.45) is -5.39. The standard InChI is InChI=1S/C19H12Cl2F3NO4/c20-13-3-1-2-11(16(13)21)6-10-4-5-14-12(7-10)17(26)15(29-18(27)28)8-25(14)9-19(22,23)24/h1-5,7-8H,6,9H2,(H,27,28). The third-order valence-electron chi connectivity index (χ3n) is 4.08. The molecule has 29 heavy (non-hydrogen) atoms. The summed E-state index contributed by atoms with van der Waals surface area (Å²) >= 11 is 12.2. The van der Waals surface area contributed by atoms with E-state index in [1.54, 1.807) is 24.3 Å². The van der Waals surface area contributed by atoms with Gasteiger partial charge in [-0.05, 0) is 35.7 Å². The highest BCUT2D eigenvalue weighted by atomic mass is 35.5. The molecule has 0 atom stereocenters. The number of ether oxygens (including phenoxy) is 1. The normalized spacial score (nSPS) is 11.6. The van der Waals surface area contributed by atoms with Crippen LogP contribution in [0.1, 0.15) is 11.1 Å². The Bertz CT molecular complexity index is 1160. The molecular formula is C19H12Cl2F3NO4. The highest BCUT2D eigenvalue weighted by Gasteiger charge is 2.29. The van der Waals surface area contributed by atoms with Crippen molar-refractivity contribution in [3.63, 3.8) is 0 Å². The fourth-order valence-corrected chi connectivity index (χ4v) is 3.31. The molecule has 1 aromatic heterocycles. The number of nitrogens with zero attached hydrogens (tertiary/aromatic N) is 1. The van der Waals surface area contributed by atoms with E-state index in [0.29, 0.717) is 21.2 Å². The fourth-order valence-electron chi connectivity index (χ4n) is 2.92. The molecule has 1 N–H and O–H groups in total. The molecule has 0 spiro atoms. The van der Waals surface area contributed by atoms with Gasteiger partial charge >= 0.3 is 12.3 Å². The van der Waals surface area contributed by atoms with Crippen LogP contribution in [0.5, 0.6) is 5.75 Å². The molecule has 0 aliphatic heterocycles. The second kappa shape index (κ2) is 7.96. The molecule has 0 aliphatic carbocycles. The van der Waals surface area contributed by atoms with Gasteiger partial charge in [0.15, 0.2) is 5.75 Å². The second-order valence-electron chi connectivity index (χ2n) is 6.17. The summed E-state index contributed by atoms with van der Waals surface area (Å²) in [5.41, 5.74) is 0.391. The molecular weight excluding hydrogens is 434 g/mol. The molecule has 0 bridgehead atoms. The van der Waals surface area contributed by atoms with Crippen LogP contribution in [0.3, 0.4) is 0 Å². The van der Waals surface area contributed by atoms with E-state index in [-0.39, 0.29) is 17.3 Å². The number of rotatable bonds is 4. The number of carboxylic acid groups (broad SMARTS) is 1. The number of hydrogen-bond acceptors (Lipinski definition) is 3. The summed E-state index contributed by atoms with van der Waals surface area (Å²) in [6, 6.07) is 9.34. The van der Waals surface area contributed by atoms with Gasteiger partial charge in [0, 0.05) is 5.39 Å². The van der Waals surface area contributed by atoms with Crippen LogP contribution in [0.15, 0.2) is 47.4 Å². The number of carbonyl (C=O) groups is 1. The Hall–Kier alpha value is -2.71. The minimum absolute atomic E-state index is 0.00833. The van der Waals surface area contributed by atoms with E-state index in [9.17, 15) is 22.8 Å². The van der Waals surface area contributed by atoms with E-state index in [4.69, 9.17) is 28.3 Å². The number of aromatic nitrogens is 1. The highest BCUT2D eigenvalue weighted by molar-refractivity contribution is 6.42. The molecule has 0 saturated carbocycles. The van der Waals surface area contributed by atoms with Crippen molar-refractivity contribution in [1.82, 2.24) is 4.57 Å². The van der Waals surface area contributed by atoms with E-state index in [0.717, 1.165) is 10.8 Å². The second-order valence-corrected chi connectivity index (χ2v) is 6.96. The van der Waals surface area contributed by atoms with Gasteiger partial charge in [-0.15, -0.1) is 0 Å². The van der Waals surface area contributed by atoms with E-state index in [1.807, 2.05) is 0 Å². The molecule has 0 amide bonds. The molecule has 3 aromatic rings. The van der Waals surface area contributed by atoms with Crippen LogP contribution in [0, 0.1) is 0 Å². The lowest BCUT2D eigenvalue weighted by molar-refractivity contribution is -0.140. The van der Waals surface area contributed by atoms with E-state index < -0.39 is 30.1 Å². The molecule has 2 aromatic carbocycles. The topological polar surface area (TPSA) is 68.5 Å². The van der Waals surface area contributed by atoms with Crippen LogP contribution >= 0.6 is 23.2 Å². The average Bonchev–Trinajstić information content (AvgIpc) is 2.61. The monoisotopic (exact) mass is 445 g/mol. The van der Waals surface area contributed by atoms with Gasteiger partial charge in [-0.1, -0.05) is 41.4 Å². The quantitative estimate of drug-likeness (QED) is 0.536. The van der Waals surface area contributed by atoms with Gasteiger partial charge < -0.3 is 14.4 Å². The predicted octanol–water partition coefficient (Wildman–Crippen LogP) is 5.52. The van der Waals surface area contributed by atoms with Gasteiger partial charge in [-0.3, -0.25) is 4.79 Å². The van der Waals surface area contributed by atoms with Crippen molar-refractivity contribution in [3.05, 3.63) is 74.0 Å². The van der Waals surface area contributed by atoms with Crippen LogP contribution in [0.2, 0.25) is 10.0 Å². The van der Waals surface area contributed by atoms with Crippen molar-refractivity contribution in [1.29, 1.82) is 0 Å². The van der Waals surface area contributed by atoms with Crippen LogP contribution in [0.25, 0.3) is 10.9 Å². The maximum absolute atomic E-state index is 12.9. The summed E-state index contributed by atoms with van der Waals surface area (Å²) in [5.74, 6) is -0.716. The summed E-state index contributed by atoms with van der Waals surface area (Å²) in [6.45, 7) is -1.42. The largest absolute Gasteiger partial charge is 0.511 e. The first-order chi connectivity index (χ1) is 13.5. The average molecular weight is 446 g/mol. The maximum Gasteiger partial charge on any atom is 0.511 e. The van der Waals surface area contributed by atoms with Gasteiger partial charge in [-0.25, -0.2) is 4.79 Å². The minimum atomic E-state index is -4.59. The summed E-state index contributed by atoms with van der Waals surface area (Å²) in [7, 11) is 0. The Morgan fingerprint density at radius 1 is 1.17 bits per heavy atom. The van der Waals surface area contributed by atoms with Crippen molar-refractivity contribution >= 4 is 40.3 Å².